The van der Waals surface area contributed by atoms with Gasteiger partial charge in [0, 0.05) is 33.3 Å². The van der Waals surface area contributed by atoms with Crippen molar-refractivity contribution in [1.29, 1.82) is 0 Å². The SMILES string of the molecule is Brc1ccc(Oc2ccc(Br)cc2C2CCCCO2)c(C2CCCCO2)c1. The average molecular weight is 496 g/mol. The molecule has 3 nitrogen and oxygen atoms in total. The highest BCUT2D eigenvalue weighted by Gasteiger charge is 2.24. The van der Waals surface area contributed by atoms with Crippen molar-refractivity contribution in [2.75, 3.05) is 13.2 Å². The number of halogens is 2. The zero-order valence-corrected chi connectivity index (χ0v) is 18.4. The number of rotatable bonds is 4. The van der Waals surface area contributed by atoms with Crippen LogP contribution in [0.25, 0.3) is 0 Å². The van der Waals surface area contributed by atoms with E-state index in [2.05, 4.69) is 44.0 Å². The Morgan fingerprint density at radius 2 is 1.19 bits per heavy atom. The maximum atomic E-state index is 6.46. The van der Waals surface area contributed by atoms with Gasteiger partial charge < -0.3 is 14.2 Å². The molecule has 2 aliphatic rings. The van der Waals surface area contributed by atoms with Crippen LogP contribution in [0.2, 0.25) is 0 Å². The van der Waals surface area contributed by atoms with Gasteiger partial charge in [-0.1, -0.05) is 31.9 Å². The smallest absolute Gasteiger partial charge is 0.133 e. The molecule has 2 unspecified atom stereocenters. The lowest BCUT2D eigenvalue weighted by Gasteiger charge is -2.27. The molecule has 5 heteroatoms. The zero-order valence-electron chi connectivity index (χ0n) is 15.3. The van der Waals surface area contributed by atoms with Crippen LogP contribution < -0.4 is 4.74 Å². The van der Waals surface area contributed by atoms with Crippen LogP contribution >= 0.6 is 31.9 Å². The minimum absolute atomic E-state index is 0.0936. The Morgan fingerprint density at radius 1 is 0.704 bits per heavy atom. The predicted molar refractivity (Wildman–Crippen MR) is 113 cm³/mol. The molecule has 2 fully saturated rings. The Bertz CT molecular complexity index is 716. The molecular weight excluding hydrogens is 472 g/mol. The number of hydrogen-bond acceptors (Lipinski definition) is 3. The van der Waals surface area contributed by atoms with Crippen LogP contribution in [0.3, 0.4) is 0 Å². The maximum Gasteiger partial charge on any atom is 0.133 e. The van der Waals surface area contributed by atoms with Gasteiger partial charge in [0.05, 0.1) is 12.2 Å². The molecule has 144 valence electrons. The Hall–Kier alpha value is -0.880. The summed E-state index contributed by atoms with van der Waals surface area (Å²) in [5.74, 6) is 1.73. The van der Waals surface area contributed by atoms with E-state index in [1.54, 1.807) is 0 Å². The van der Waals surface area contributed by atoms with Gasteiger partial charge in [0.15, 0.2) is 0 Å². The van der Waals surface area contributed by atoms with E-state index >= 15 is 0 Å². The first kappa shape index (κ1) is 19.4. The summed E-state index contributed by atoms with van der Waals surface area (Å²) in [7, 11) is 0. The van der Waals surface area contributed by atoms with Gasteiger partial charge in [-0.05, 0) is 74.9 Å². The molecule has 0 aliphatic carbocycles. The first-order valence-electron chi connectivity index (χ1n) is 9.70. The van der Waals surface area contributed by atoms with Gasteiger partial charge in [-0.3, -0.25) is 0 Å². The molecule has 0 amide bonds. The highest BCUT2D eigenvalue weighted by Crippen LogP contribution is 2.41. The molecule has 2 atom stereocenters. The van der Waals surface area contributed by atoms with Crippen molar-refractivity contribution in [3.63, 3.8) is 0 Å². The van der Waals surface area contributed by atoms with Gasteiger partial charge in [0.2, 0.25) is 0 Å². The fourth-order valence-corrected chi connectivity index (χ4v) is 4.58. The van der Waals surface area contributed by atoms with Crippen molar-refractivity contribution >= 4 is 31.9 Å². The van der Waals surface area contributed by atoms with Crippen LogP contribution in [-0.4, -0.2) is 13.2 Å². The molecule has 0 bridgehead atoms. The van der Waals surface area contributed by atoms with E-state index in [9.17, 15) is 0 Å². The number of ether oxygens (including phenoxy) is 3. The molecule has 0 N–H and O–H groups in total. The molecule has 0 spiro atoms. The monoisotopic (exact) mass is 494 g/mol. The van der Waals surface area contributed by atoms with Gasteiger partial charge in [-0.25, -0.2) is 0 Å². The normalized spacial score (nSPS) is 23.2. The lowest BCUT2D eigenvalue weighted by atomic mass is 9.99. The lowest BCUT2D eigenvalue weighted by Crippen LogP contribution is -2.14. The van der Waals surface area contributed by atoms with Gasteiger partial charge in [0.1, 0.15) is 11.5 Å². The standard InChI is InChI=1S/C22H24Br2O3/c23-15-7-9-21(17(13-15)19-5-1-3-11-25-19)27-22-10-8-16(24)14-18(22)20-6-2-4-12-26-20/h7-10,13-14,19-20H,1-6,11-12H2. The van der Waals surface area contributed by atoms with Crippen molar-refractivity contribution < 1.29 is 14.2 Å². The summed E-state index contributed by atoms with van der Waals surface area (Å²) >= 11 is 7.20. The Labute approximate surface area is 177 Å². The molecule has 2 saturated heterocycles. The molecule has 2 heterocycles. The van der Waals surface area contributed by atoms with Crippen molar-refractivity contribution in [2.45, 2.75) is 50.7 Å². The Morgan fingerprint density at radius 3 is 1.59 bits per heavy atom. The minimum Gasteiger partial charge on any atom is -0.457 e. The summed E-state index contributed by atoms with van der Waals surface area (Å²) in [5, 5.41) is 0. The quantitative estimate of drug-likeness (QED) is 0.439. The van der Waals surface area contributed by atoms with Gasteiger partial charge >= 0.3 is 0 Å². The molecule has 2 aromatic carbocycles. The number of hydrogen-bond donors (Lipinski definition) is 0. The average Bonchev–Trinajstić information content (AvgIpc) is 2.72. The number of benzene rings is 2. The van der Waals surface area contributed by atoms with Crippen LogP contribution in [0.4, 0.5) is 0 Å². The van der Waals surface area contributed by atoms with E-state index in [1.165, 1.54) is 12.8 Å². The third-order valence-electron chi connectivity index (χ3n) is 5.22. The third kappa shape index (κ3) is 4.76. The lowest BCUT2D eigenvalue weighted by molar-refractivity contribution is 0.0122. The second-order valence-electron chi connectivity index (χ2n) is 7.18. The largest absolute Gasteiger partial charge is 0.457 e. The van der Waals surface area contributed by atoms with Gasteiger partial charge in [-0.2, -0.15) is 0 Å². The second kappa shape index (κ2) is 9.08. The van der Waals surface area contributed by atoms with E-state index in [0.717, 1.165) is 70.5 Å². The van der Waals surface area contributed by atoms with Crippen LogP contribution in [-0.2, 0) is 9.47 Å². The molecule has 4 rings (SSSR count). The fraction of sp³-hybridized carbons (Fsp3) is 0.455. The zero-order chi connectivity index (χ0) is 18.6. The van der Waals surface area contributed by atoms with Crippen molar-refractivity contribution in [3.8, 4) is 11.5 Å². The fourth-order valence-electron chi connectivity index (χ4n) is 3.82. The second-order valence-corrected chi connectivity index (χ2v) is 9.01. The van der Waals surface area contributed by atoms with Gasteiger partial charge in [-0.15, -0.1) is 0 Å². The highest BCUT2D eigenvalue weighted by molar-refractivity contribution is 9.10. The van der Waals surface area contributed by atoms with E-state index < -0.39 is 0 Å². The first-order chi connectivity index (χ1) is 13.2. The summed E-state index contributed by atoms with van der Waals surface area (Å²) in [6.45, 7) is 1.63. The van der Waals surface area contributed by atoms with E-state index in [0.29, 0.717) is 0 Å². The highest BCUT2D eigenvalue weighted by atomic mass is 79.9. The molecule has 27 heavy (non-hydrogen) atoms. The molecule has 0 saturated carbocycles. The van der Waals surface area contributed by atoms with E-state index in [1.807, 2.05) is 24.3 Å². The predicted octanol–water partition coefficient (Wildman–Crippen LogP) is 7.49. The maximum absolute atomic E-state index is 6.46. The summed E-state index contributed by atoms with van der Waals surface area (Å²) < 4.78 is 20.6. The molecule has 0 radical (unpaired) electrons. The molecule has 2 aromatic rings. The Kier molecular flexibility index (Phi) is 6.54. The topological polar surface area (TPSA) is 27.7 Å². The van der Waals surface area contributed by atoms with Crippen LogP contribution in [0.15, 0.2) is 45.3 Å². The molecule has 0 aromatic heterocycles. The first-order valence-corrected chi connectivity index (χ1v) is 11.3. The van der Waals surface area contributed by atoms with Crippen LogP contribution in [0.5, 0.6) is 11.5 Å². The minimum atomic E-state index is 0.0936. The Balaban J connectivity index is 1.66. The molecular formula is C22H24Br2O3. The van der Waals surface area contributed by atoms with Crippen LogP contribution in [0.1, 0.15) is 61.9 Å². The summed E-state index contributed by atoms with van der Waals surface area (Å²) in [4.78, 5) is 0. The third-order valence-corrected chi connectivity index (χ3v) is 6.20. The summed E-state index contributed by atoms with van der Waals surface area (Å²) in [5.41, 5.74) is 2.23. The summed E-state index contributed by atoms with van der Waals surface area (Å²) in [6, 6.07) is 12.4. The summed E-state index contributed by atoms with van der Waals surface area (Å²) in [6.07, 6.45) is 6.91. The van der Waals surface area contributed by atoms with Crippen molar-refractivity contribution in [2.24, 2.45) is 0 Å². The van der Waals surface area contributed by atoms with Gasteiger partial charge in [0.25, 0.3) is 0 Å². The van der Waals surface area contributed by atoms with Crippen molar-refractivity contribution in [1.82, 2.24) is 0 Å². The van der Waals surface area contributed by atoms with Crippen molar-refractivity contribution in [3.05, 3.63) is 56.5 Å². The molecule has 2 aliphatic heterocycles. The van der Waals surface area contributed by atoms with Crippen LogP contribution in [0, 0.1) is 0 Å². The van der Waals surface area contributed by atoms with E-state index in [4.69, 9.17) is 14.2 Å². The van der Waals surface area contributed by atoms with E-state index in [-0.39, 0.29) is 12.2 Å².